The van der Waals surface area contributed by atoms with Gasteiger partial charge in [-0.05, 0) is 73.9 Å². The van der Waals surface area contributed by atoms with Crippen molar-refractivity contribution in [2.45, 2.75) is 80.5 Å². The highest BCUT2D eigenvalue weighted by Crippen LogP contribution is 2.46. The molecule has 6 rings (SSSR count). The largest absolute Gasteiger partial charge is 0.497 e. The molecule has 49 heavy (non-hydrogen) atoms. The molecule has 2 aromatic carbocycles. The van der Waals surface area contributed by atoms with Gasteiger partial charge < -0.3 is 24.4 Å². The predicted octanol–water partition coefficient (Wildman–Crippen LogP) is 6.04. The molecule has 3 aliphatic heterocycles. The number of methoxy groups -OCH3 is 2. The van der Waals surface area contributed by atoms with Gasteiger partial charge in [-0.15, -0.1) is 0 Å². The van der Waals surface area contributed by atoms with E-state index in [9.17, 15) is 27.9 Å². The van der Waals surface area contributed by atoms with E-state index in [2.05, 4.69) is 0 Å². The maximum Gasteiger partial charge on any atom is 0.416 e. The first-order chi connectivity index (χ1) is 23.3. The number of amides is 1. The Labute approximate surface area is 283 Å². The van der Waals surface area contributed by atoms with Crippen molar-refractivity contribution >= 4 is 17.6 Å². The number of carbonyl (C=O) groups excluding carboxylic acids is 1. The summed E-state index contributed by atoms with van der Waals surface area (Å²) < 4.78 is 85.8. The maximum absolute atomic E-state index is 17.6. The van der Waals surface area contributed by atoms with E-state index in [0.29, 0.717) is 23.4 Å². The number of carboxylic acids is 1. The molecule has 3 heterocycles. The highest BCUT2D eigenvalue weighted by Gasteiger charge is 2.57. The average molecular weight is 694 g/mol. The van der Waals surface area contributed by atoms with Gasteiger partial charge in [0.2, 0.25) is 5.67 Å². The summed E-state index contributed by atoms with van der Waals surface area (Å²) >= 11 is 0. The lowest BCUT2D eigenvalue weighted by Crippen LogP contribution is -2.50. The number of likely N-dealkylation sites (tertiary alicyclic amines) is 2. The Morgan fingerprint density at radius 3 is 2.18 bits per heavy atom. The number of benzene rings is 2. The fourth-order valence-electron chi connectivity index (χ4n) is 8.36. The average Bonchev–Trinajstić information content (AvgIpc) is 3.67. The van der Waals surface area contributed by atoms with Gasteiger partial charge in [0.25, 0.3) is 5.91 Å². The summed E-state index contributed by atoms with van der Waals surface area (Å²) in [5, 5.41) is 9.43. The molecule has 1 saturated carbocycles. The molecule has 0 unspecified atom stereocenters. The van der Waals surface area contributed by atoms with Crippen LogP contribution in [0.25, 0.3) is 0 Å². The SMILES string of the molecule is COc1ccc([C@@H]2CN(C3CCC(OC)CC3)C[C@@]2(F)C(=O)N2C[C@H](c3ccc(C(F)(F)F)cc3N3CCC(C(=O)O)CC3)[C@@H](F)C2)cc1. The number of ether oxygens (including phenoxy) is 2. The zero-order valence-corrected chi connectivity index (χ0v) is 27.8. The third-order valence-corrected chi connectivity index (χ3v) is 11.2. The van der Waals surface area contributed by atoms with Crippen molar-refractivity contribution in [1.82, 2.24) is 9.80 Å². The van der Waals surface area contributed by atoms with Crippen molar-refractivity contribution in [2.24, 2.45) is 5.92 Å². The number of halogens is 5. The summed E-state index contributed by atoms with van der Waals surface area (Å²) in [6, 6.07) is 10.2. The molecular weight excluding hydrogens is 649 g/mol. The fourth-order valence-corrected chi connectivity index (χ4v) is 8.36. The van der Waals surface area contributed by atoms with Crippen LogP contribution < -0.4 is 9.64 Å². The van der Waals surface area contributed by atoms with Crippen LogP contribution in [-0.2, 0) is 20.5 Å². The summed E-state index contributed by atoms with van der Waals surface area (Å²) in [7, 11) is 3.21. The smallest absolute Gasteiger partial charge is 0.416 e. The van der Waals surface area contributed by atoms with Crippen molar-refractivity contribution in [3.63, 3.8) is 0 Å². The number of aliphatic carboxylic acids is 1. The molecule has 2 aromatic rings. The van der Waals surface area contributed by atoms with E-state index < -0.39 is 53.2 Å². The molecule has 0 aromatic heterocycles. The zero-order chi connectivity index (χ0) is 35.1. The van der Waals surface area contributed by atoms with Crippen molar-refractivity contribution in [1.29, 1.82) is 0 Å². The van der Waals surface area contributed by atoms with Crippen molar-refractivity contribution in [3.8, 4) is 5.75 Å². The number of alkyl halides is 5. The minimum Gasteiger partial charge on any atom is -0.497 e. The molecule has 8 nitrogen and oxygen atoms in total. The zero-order valence-electron chi connectivity index (χ0n) is 27.8. The van der Waals surface area contributed by atoms with E-state index in [0.717, 1.165) is 37.8 Å². The second kappa shape index (κ2) is 14.0. The summed E-state index contributed by atoms with van der Waals surface area (Å²) in [6.07, 6.45) is -2.39. The molecule has 0 spiro atoms. The first kappa shape index (κ1) is 35.4. The second-order valence-electron chi connectivity index (χ2n) is 14.0. The van der Waals surface area contributed by atoms with Crippen LogP contribution in [-0.4, -0.2) is 104 Å². The van der Waals surface area contributed by atoms with Gasteiger partial charge in [0, 0.05) is 63.4 Å². The molecule has 4 fully saturated rings. The number of hydrogen-bond donors (Lipinski definition) is 1. The quantitative estimate of drug-likeness (QED) is 0.338. The molecule has 13 heteroatoms. The normalized spacial score (nSPS) is 30.1. The van der Waals surface area contributed by atoms with E-state index in [-0.39, 0.29) is 63.4 Å². The minimum atomic E-state index is -4.65. The lowest BCUT2D eigenvalue weighted by Gasteiger charge is -2.35. The Morgan fingerprint density at radius 1 is 0.918 bits per heavy atom. The van der Waals surface area contributed by atoms with Gasteiger partial charge in [-0.25, -0.2) is 8.78 Å². The van der Waals surface area contributed by atoms with Crippen LogP contribution in [0.1, 0.15) is 67.1 Å². The van der Waals surface area contributed by atoms with Crippen LogP contribution in [0.3, 0.4) is 0 Å². The number of nitrogens with zero attached hydrogens (tertiary/aromatic N) is 3. The molecular formula is C36H44F5N3O5. The maximum atomic E-state index is 17.6. The predicted molar refractivity (Wildman–Crippen MR) is 172 cm³/mol. The molecule has 1 amide bonds. The van der Waals surface area contributed by atoms with Crippen LogP contribution in [0.2, 0.25) is 0 Å². The number of hydrogen-bond acceptors (Lipinski definition) is 6. The third kappa shape index (κ3) is 7.10. The lowest BCUT2D eigenvalue weighted by atomic mass is 9.85. The molecule has 4 aliphatic rings. The van der Waals surface area contributed by atoms with Crippen molar-refractivity contribution < 1.29 is 46.1 Å². The molecule has 4 atom stereocenters. The molecule has 0 bridgehead atoms. The van der Waals surface area contributed by atoms with Crippen LogP contribution in [0.5, 0.6) is 5.75 Å². The van der Waals surface area contributed by atoms with E-state index in [1.54, 1.807) is 36.3 Å². The van der Waals surface area contributed by atoms with E-state index in [1.165, 1.54) is 18.1 Å². The summed E-state index contributed by atoms with van der Waals surface area (Å²) in [5.41, 5.74) is -2.16. The topological polar surface area (TPSA) is 82.6 Å². The van der Waals surface area contributed by atoms with Gasteiger partial charge in [-0.3, -0.25) is 14.5 Å². The first-order valence-corrected chi connectivity index (χ1v) is 17.0. The number of anilines is 1. The van der Waals surface area contributed by atoms with Gasteiger partial charge in [-0.2, -0.15) is 13.2 Å². The molecule has 268 valence electrons. The van der Waals surface area contributed by atoms with Gasteiger partial charge >= 0.3 is 12.1 Å². The Bertz CT molecular complexity index is 1490. The third-order valence-electron chi connectivity index (χ3n) is 11.2. The number of piperidine rings is 1. The van der Waals surface area contributed by atoms with E-state index in [1.807, 2.05) is 4.90 Å². The number of carboxylic acid groups (broad SMARTS) is 1. The van der Waals surface area contributed by atoms with Crippen molar-refractivity contribution in [2.75, 3.05) is 58.4 Å². The summed E-state index contributed by atoms with van der Waals surface area (Å²) in [6.45, 7) is -0.0296. The van der Waals surface area contributed by atoms with Gasteiger partial charge in [0.05, 0.1) is 31.2 Å². The standard InChI is InChI=1S/C36H44F5N3O5/c1-48-26-8-3-22(4-9-26)30-19-44(25-6-10-27(49-2)11-7-25)21-35(30,38)34(47)43-18-29(31(37)20-43)28-12-5-24(36(39,40)41)17-32(28)42-15-13-23(14-16-42)33(45)46/h3-5,8-9,12,17,23,25,27,29-31H,6-7,10-11,13-16,18-21H2,1-2H3,(H,45,46)/t25?,27?,29-,30+,31+,35+/m1/s1. The minimum absolute atomic E-state index is 0.0674. The molecule has 1 N–H and O–H groups in total. The number of rotatable bonds is 8. The van der Waals surface area contributed by atoms with E-state index >= 15 is 8.78 Å². The molecule has 3 saturated heterocycles. The second-order valence-corrected chi connectivity index (χ2v) is 14.0. The Morgan fingerprint density at radius 2 is 1.59 bits per heavy atom. The van der Waals surface area contributed by atoms with Gasteiger partial charge in [0.15, 0.2) is 0 Å². The van der Waals surface area contributed by atoms with Crippen LogP contribution >= 0.6 is 0 Å². The Balaban J connectivity index is 1.27. The highest BCUT2D eigenvalue weighted by atomic mass is 19.4. The van der Waals surface area contributed by atoms with Gasteiger partial charge in [-0.1, -0.05) is 18.2 Å². The summed E-state index contributed by atoms with van der Waals surface area (Å²) in [5.74, 6) is -3.60. The van der Waals surface area contributed by atoms with Crippen LogP contribution in [0, 0.1) is 5.92 Å². The van der Waals surface area contributed by atoms with Gasteiger partial charge in [0.1, 0.15) is 11.9 Å². The molecule has 0 radical (unpaired) electrons. The fraction of sp³-hybridized carbons (Fsp3) is 0.611. The van der Waals surface area contributed by atoms with Crippen molar-refractivity contribution in [3.05, 3.63) is 59.2 Å². The van der Waals surface area contributed by atoms with E-state index in [4.69, 9.17) is 9.47 Å². The Kier molecular flexibility index (Phi) is 10.1. The highest BCUT2D eigenvalue weighted by molar-refractivity contribution is 5.88. The Hall–Kier alpha value is -3.45. The molecule has 1 aliphatic carbocycles. The number of carbonyl (C=O) groups is 2. The monoisotopic (exact) mass is 693 g/mol. The van der Waals surface area contributed by atoms with Crippen LogP contribution in [0.4, 0.5) is 27.6 Å². The van der Waals surface area contributed by atoms with Crippen LogP contribution in [0.15, 0.2) is 42.5 Å². The summed E-state index contributed by atoms with van der Waals surface area (Å²) in [4.78, 5) is 30.7. The lowest BCUT2D eigenvalue weighted by molar-refractivity contribution is -0.143. The first-order valence-electron chi connectivity index (χ1n) is 17.0.